The highest BCUT2D eigenvalue weighted by Crippen LogP contribution is 2.34. The second-order valence-electron chi connectivity index (χ2n) is 5.60. The lowest BCUT2D eigenvalue weighted by Gasteiger charge is -2.20. The summed E-state index contributed by atoms with van der Waals surface area (Å²) >= 11 is 6.33. The third-order valence-electron chi connectivity index (χ3n) is 3.95. The summed E-state index contributed by atoms with van der Waals surface area (Å²) in [5, 5.41) is 6.02. The standard InChI is InChI=1S/C16H26ClNO2S/c1-4-6-7-8-9-13-14(17)10-11-15(21(18,19)20)16(13)12(3)5-2/h10-12H,4-9H2,1-3H3,(H2,18,19,20). The lowest BCUT2D eigenvalue weighted by Crippen LogP contribution is -2.17. The van der Waals surface area contributed by atoms with Crippen molar-refractivity contribution >= 4 is 21.6 Å². The van der Waals surface area contributed by atoms with Crippen LogP contribution < -0.4 is 5.14 Å². The SMILES string of the molecule is CCCCCCc1c(Cl)ccc(S(N)(=O)=O)c1C(C)CC. The zero-order valence-corrected chi connectivity index (χ0v) is 14.7. The first-order valence-electron chi connectivity index (χ1n) is 7.66. The van der Waals surface area contributed by atoms with Gasteiger partial charge in [0, 0.05) is 5.02 Å². The third-order valence-corrected chi connectivity index (χ3v) is 5.28. The minimum atomic E-state index is -3.72. The molecule has 120 valence electrons. The van der Waals surface area contributed by atoms with Crippen molar-refractivity contribution in [3.8, 4) is 0 Å². The van der Waals surface area contributed by atoms with E-state index in [-0.39, 0.29) is 10.8 Å². The van der Waals surface area contributed by atoms with Crippen LogP contribution in [0, 0.1) is 0 Å². The van der Waals surface area contributed by atoms with Gasteiger partial charge < -0.3 is 0 Å². The van der Waals surface area contributed by atoms with Gasteiger partial charge >= 0.3 is 0 Å². The molecule has 3 nitrogen and oxygen atoms in total. The Labute approximate surface area is 133 Å². The molecular weight excluding hydrogens is 306 g/mol. The molecular formula is C16H26ClNO2S. The molecule has 0 bridgehead atoms. The van der Waals surface area contributed by atoms with E-state index < -0.39 is 10.0 Å². The highest BCUT2D eigenvalue weighted by molar-refractivity contribution is 7.89. The van der Waals surface area contributed by atoms with Gasteiger partial charge in [0.2, 0.25) is 10.0 Å². The van der Waals surface area contributed by atoms with Crippen molar-refractivity contribution in [2.75, 3.05) is 0 Å². The number of hydrogen-bond acceptors (Lipinski definition) is 2. The maximum Gasteiger partial charge on any atom is 0.238 e. The van der Waals surface area contributed by atoms with E-state index in [9.17, 15) is 8.42 Å². The molecule has 1 atom stereocenters. The molecule has 0 aliphatic heterocycles. The Balaban J connectivity index is 3.26. The Morgan fingerprint density at radius 2 is 1.86 bits per heavy atom. The van der Waals surface area contributed by atoms with Crippen molar-refractivity contribution < 1.29 is 8.42 Å². The molecule has 0 aromatic heterocycles. The first-order valence-corrected chi connectivity index (χ1v) is 9.59. The normalized spacial score (nSPS) is 13.4. The van der Waals surface area contributed by atoms with E-state index >= 15 is 0 Å². The molecule has 0 saturated heterocycles. The van der Waals surface area contributed by atoms with E-state index in [1.54, 1.807) is 6.07 Å². The highest BCUT2D eigenvalue weighted by Gasteiger charge is 2.22. The van der Waals surface area contributed by atoms with Crippen molar-refractivity contribution in [3.05, 3.63) is 28.3 Å². The molecule has 0 spiro atoms. The summed E-state index contributed by atoms with van der Waals surface area (Å²) in [6.07, 6.45) is 6.17. The van der Waals surface area contributed by atoms with Crippen LogP contribution in [0.1, 0.15) is 69.9 Å². The van der Waals surface area contributed by atoms with Crippen LogP contribution in [-0.2, 0) is 16.4 Å². The zero-order valence-electron chi connectivity index (χ0n) is 13.2. The van der Waals surface area contributed by atoms with Crippen LogP contribution in [0.5, 0.6) is 0 Å². The Morgan fingerprint density at radius 3 is 2.38 bits per heavy atom. The first kappa shape index (κ1) is 18.5. The van der Waals surface area contributed by atoms with Crippen LogP contribution in [0.4, 0.5) is 0 Å². The number of hydrogen-bond donors (Lipinski definition) is 1. The predicted octanol–water partition coefficient (Wildman–Crippen LogP) is 4.62. The predicted molar refractivity (Wildman–Crippen MR) is 89.4 cm³/mol. The van der Waals surface area contributed by atoms with Crippen molar-refractivity contribution in [3.63, 3.8) is 0 Å². The minimum Gasteiger partial charge on any atom is -0.225 e. The van der Waals surface area contributed by atoms with Gasteiger partial charge in [-0.3, -0.25) is 0 Å². The van der Waals surface area contributed by atoms with Gasteiger partial charge in [0.1, 0.15) is 0 Å². The number of unbranched alkanes of at least 4 members (excludes halogenated alkanes) is 3. The molecule has 1 unspecified atom stereocenters. The van der Waals surface area contributed by atoms with E-state index in [4.69, 9.17) is 16.7 Å². The Morgan fingerprint density at radius 1 is 1.19 bits per heavy atom. The molecule has 2 N–H and O–H groups in total. The molecule has 1 aromatic carbocycles. The summed E-state index contributed by atoms with van der Waals surface area (Å²) in [7, 11) is -3.72. The quantitative estimate of drug-likeness (QED) is 0.706. The summed E-state index contributed by atoms with van der Waals surface area (Å²) in [5.41, 5.74) is 1.76. The van der Waals surface area contributed by atoms with Crippen LogP contribution in [0.3, 0.4) is 0 Å². The summed E-state index contributed by atoms with van der Waals surface area (Å²) in [5.74, 6) is 0.123. The monoisotopic (exact) mass is 331 g/mol. The number of nitrogens with two attached hydrogens (primary N) is 1. The zero-order chi connectivity index (χ0) is 16.0. The first-order chi connectivity index (χ1) is 9.82. The van der Waals surface area contributed by atoms with Crippen molar-refractivity contribution in [2.45, 2.75) is 70.1 Å². The smallest absolute Gasteiger partial charge is 0.225 e. The number of halogens is 1. The van der Waals surface area contributed by atoms with E-state index in [1.165, 1.54) is 18.9 Å². The van der Waals surface area contributed by atoms with Gasteiger partial charge in [0.25, 0.3) is 0 Å². The maximum atomic E-state index is 11.8. The van der Waals surface area contributed by atoms with Crippen molar-refractivity contribution in [1.82, 2.24) is 0 Å². The van der Waals surface area contributed by atoms with Crippen LogP contribution in [0.25, 0.3) is 0 Å². The second kappa shape index (κ2) is 8.16. The highest BCUT2D eigenvalue weighted by atomic mass is 35.5. The number of primary sulfonamides is 1. The van der Waals surface area contributed by atoms with Gasteiger partial charge in [-0.2, -0.15) is 0 Å². The van der Waals surface area contributed by atoms with Crippen molar-refractivity contribution in [2.24, 2.45) is 5.14 Å². The Kier molecular flexibility index (Phi) is 7.17. The van der Waals surface area contributed by atoms with Gasteiger partial charge in [0.05, 0.1) is 4.90 Å². The molecule has 5 heteroatoms. The fourth-order valence-corrected chi connectivity index (χ4v) is 3.74. The maximum absolute atomic E-state index is 11.8. The number of benzene rings is 1. The molecule has 0 heterocycles. The van der Waals surface area contributed by atoms with Crippen LogP contribution >= 0.6 is 11.6 Å². The van der Waals surface area contributed by atoms with E-state index in [1.807, 2.05) is 13.8 Å². The summed E-state index contributed by atoms with van der Waals surface area (Å²) in [6, 6.07) is 3.19. The average Bonchev–Trinajstić information content (AvgIpc) is 2.42. The molecule has 0 aliphatic carbocycles. The van der Waals surface area contributed by atoms with E-state index in [0.29, 0.717) is 5.02 Å². The van der Waals surface area contributed by atoms with Crippen LogP contribution in [-0.4, -0.2) is 8.42 Å². The Bertz CT molecular complexity index is 570. The lowest BCUT2D eigenvalue weighted by molar-refractivity contribution is 0.592. The molecule has 1 aromatic rings. The number of sulfonamides is 1. The van der Waals surface area contributed by atoms with Gasteiger partial charge in [-0.15, -0.1) is 0 Å². The van der Waals surface area contributed by atoms with Gasteiger partial charge in [0.15, 0.2) is 0 Å². The topological polar surface area (TPSA) is 60.2 Å². The summed E-state index contributed by atoms with van der Waals surface area (Å²) in [4.78, 5) is 0.228. The minimum absolute atomic E-state index is 0.123. The average molecular weight is 332 g/mol. The largest absolute Gasteiger partial charge is 0.238 e. The molecule has 21 heavy (non-hydrogen) atoms. The van der Waals surface area contributed by atoms with E-state index in [0.717, 1.165) is 36.8 Å². The second-order valence-corrected chi connectivity index (χ2v) is 7.54. The molecule has 0 saturated carbocycles. The molecule has 0 fully saturated rings. The van der Waals surface area contributed by atoms with Gasteiger partial charge in [-0.1, -0.05) is 51.6 Å². The van der Waals surface area contributed by atoms with E-state index in [2.05, 4.69) is 6.92 Å². The number of rotatable bonds is 8. The van der Waals surface area contributed by atoms with Gasteiger partial charge in [-0.05, 0) is 48.4 Å². The fraction of sp³-hybridized carbons (Fsp3) is 0.625. The van der Waals surface area contributed by atoms with Crippen LogP contribution in [0.2, 0.25) is 5.02 Å². The molecule has 0 aliphatic rings. The molecule has 0 radical (unpaired) electrons. The third kappa shape index (κ3) is 4.97. The molecule has 0 amide bonds. The van der Waals surface area contributed by atoms with Crippen molar-refractivity contribution in [1.29, 1.82) is 0 Å². The molecule has 1 rings (SSSR count). The Hall–Kier alpha value is -0.580. The van der Waals surface area contributed by atoms with Gasteiger partial charge in [-0.25, -0.2) is 13.6 Å². The summed E-state index contributed by atoms with van der Waals surface area (Å²) < 4.78 is 23.7. The fourth-order valence-electron chi connectivity index (χ4n) is 2.59. The lowest BCUT2D eigenvalue weighted by atomic mass is 9.91. The summed E-state index contributed by atoms with van der Waals surface area (Å²) in [6.45, 7) is 6.23. The van der Waals surface area contributed by atoms with Crippen LogP contribution in [0.15, 0.2) is 17.0 Å².